The minimum atomic E-state index is -0.845. The Morgan fingerprint density at radius 2 is 1.62 bits per heavy atom. The van der Waals surface area contributed by atoms with Crippen molar-refractivity contribution in [3.8, 4) is 0 Å². The average molecular weight is 219 g/mol. The second kappa shape index (κ2) is 7.89. The fraction of sp³-hybridized carbons (Fsp3) is 1.00. The Balaban J connectivity index is 3.68. The first kappa shape index (κ1) is 13.5. The summed E-state index contributed by atoms with van der Waals surface area (Å²) in [5, 5.41) is 1.45. The van der Waals surface area contributed by atoms with Crippen LogP contribution in [0, 0.1) is 0 Å². The van der Waals surface area contributed by atoms with Gasteiger partial charge in [-0.15, -0.1) is 0 Å². The van der Waals surface area contributed by atoms with E-state index in [0.717, 1.165) is 6.54 Å². The molecule has 3 heteroatoms. The summed E-state index contributed by atoms with van der Waals surface area (Å²) in [7, 11) is -0.845. The van der Waals surface area contributed by atoms with Crippen molar-refractivity contribution in [3.63, 3.8) is 0 Å². The molecule has 0 saturated heterocycles. The number of thioether (sulfide) groups is 1. The third-order valence-electron chi connectivity index (χ3n) is 3.15. The van der Waals surface area contributed by atoms with E-state index < -0.39 is 8.07 Å². The highest BCUT2D eigenvalue weighted by Crippen LogP contribution is 2.24. The van der Waals surface area contributed by atoms with E-state index in [-0.39, 0.29) is 0 Å². The quantitative estimate of drug-likeness (QED) is 0.501. The van der Waals surface area contributed by atoms with E-state index >= 15 is 0 Å². The second-order valence-corrected chi connectivity index (χ2v) is 10.8. The summed E-state index contributed by atoms with van der Waals surface area (Å²) < 4.78 is 0. The zero-order valence-electron chi connectivity index (χ0n) is 9.44. The Bertz CT molecular complexity index is 107. The van der Waals surface area contributed by atoms with Gasteiger partial charge in [-0.1, -0.05) is 38.9 Å². The first-order valence-electron chi connectivity index (χ1n) is 5.52. The van der Waals surface area contributed by atoms with Crippen LogP contribution < -0.4 is 5.73 Å². The van der Waals surface area contributed by atoms with Crippen LogP contribution in [0.2, 0.25) is 18.1 Å². The van der Waals surface area contributed by atoms with Crippen molar-refractivity contribution in [2.24, 2.45) is 5.73 Å². The van der Waals surface area contributed by atoms with Crippen LogP contribution in [0.5, 0.6) is 0 Å². The van der Waals surface area contributed by atoms with E-state index in [4.69, 9.17) is 5.73 Å². The average Bonchev–Trinajstić information content (AvgIpc) is 2.20. The monoisotopic (exact) mass is 219 g/mol. The predicted octanol–water partition coefficient (Wildman–Crippen LogP) is 3.12. The summed E-state index contributed by atoms with van der Waals surface area (Å²) >= 11 is 2.14. The molecule has 0 aromatic carbocycles. The van der Waals surface area contributed by atoms with Crippen LogP contribution in [0.15, 0.2) is 0 Å². The van der Waals surface area contributed by atoms with Crippen molar-refractivity contribution in [3.05, 3.63) is 0 Å². The third-order valence-corrected chi connectivity index (χ3v) is 11.5. The van der Waals surface area contributed by atoms with Gasteiger partial charge in [0.25, 0.3) is 0 Å². The van der Waals surface area contributed by atoms with Crippen LogP contribution in [-0.2, 0) is 0 Å². The van der Waals surface area contributed by atoms with E-state index in [9.17, 15) is 0 Å². The molecule has 0 aliphatic heterocycles. The van der Waals surface area contributed by atoms with Crippen molar-refractivity contribution >= 4 is 19.8 Å². The van der Waals surface area contributed by atoms with Crippen LogP contribution in [0.4, 0.5) is 0 Å². The maximum Gasteiger partial charge on any atom is 0.0631 e. The van der Waals surface area contributed by atoms with Gasteiger partial charge in [0.15, 0.2) is 0 Å². The lowest BCUT2D eigenvalue weighted by atomic mass is 10.5. The zero-order valence-corrected chi connectivity index (χ0v) is 11.3. The topological polar surface area (TPSA) is 26.0 Å². The number of nitrogens with two attached hydrogens (primary N) is 1. The summed E-state index contributed by atoms with van der Waals surface area (Å²) in [6, 6.07) is 4.36. The molecule has 0 saturated carbocycles. The molecule has 0 radical (unpaired) electrons. The van der Waals surface area contributed by atoms with Gasteiger partial charge < -0.3 is 5.73 Å². The predicted molar refractivity (Wildman–Crippen MR) is 68.2 cm³/mol. The Kier molecular flexibility index (Phi) is 8.21. The summed E-state index contributed by atoms with van der Waals surface area (Å²) in [4.78, 5) is 0. The second-order valence-electron chi connectivity index (χ2n) is 3.76. The molecule has 0 bridgehead atoms. The molecule has 0 heterocycles. The molecule has 0 fully saturated rings. The van der Waals surface area contributed by atoms with Gasteiger partial charge >= 0.3 is 0 Å². The van der Waals surface area contributed by atoms with Gasteiger partial charge in [0.1, 0.15) is 0 Å². The highest BCUT2D eigenvalue weighted by molar-refractivity contribution is 8.00. The molecule has 0 spiro atoms. The molecule has 1 nitrogen and oxygen atoms in total. The molecule has 0 rings (SSSR count). The molecule has 0 aromatic heterocycles. The molecule has 0 aliphatic rings. The van der Waals surface area contributed by atoms with Gasteiger partial charge in [-0.2, -0.15) is 11.8 Å². The zero-order chi connectivity index (χ0) is 10.2. The standard InChI is InChI=1S/C10H25NSSi/c1-4-13(5-2,6-3)10-12-9-7-8-11/h4-11H2,1-3H3. The largest absolute Gasteiger partial charge is 0.330 e. The van der Waals surface area contributed by atoms with Gasteiger partial charge in [-0.3, -0.25) is 0 Å². The Morgan fingerprint density at radius 1 is 1.08 bits per heavy atom. The van der Waals surface area contributed by atoms with Gasteiger partial charge in [0.05, 0.1) is 8.07 Å². The van der Waals surface area contributed by atoms with Crippen molar-refractivity contribution < 1.29 is 0 Å². The maximum absolute atomic E-state index is 5.47. The molecule has 80 valence electrons. The first-order chi connectivity index (χ1) is 6.24. The van der Waals surface area contributed by atoms with Crippen LogP contribution >= 0.6 is 11.8 Å². The summed E-state index contributed by atoms with van der Waals surface area (Å²) in [6.45, 7) is 7.99. The summed E-state index contributed by atoms with van der Waals surface area (Å²) in [5.41, 5.74) is 5.47. The van der Waals surface area contributed by atoms with Crippen LogP contribution in [-0.4, -0.2) is 25.7 Å². The Hall–Kier alpha value is 0.527. The number of rotatable bonds is 8. The van der Waals surface area contributed by atoms with Crippen molar-refractivity contribution in [2.45, 2.75) is 45.3 Å². The van der Waals surface area contributed by atoms with Gasteiger partial charge in [-0.05, 0) is 24.1 Å². The highest BCUT2D eigenvalue weighted by Gasteiger charge is 2.25. The normalized spacial score (nSPS) is 12.0. The van der Waals surface area contributed by atoms with Crippen LogP contribution in [0.25, 0.3) is 0 Å². The maximum atomic E-state index is 5.47. The first-order valence-corrected chi connectivity index (χ1v) is 9.50. The molecule has 0 unspecified atom stereocenters. The fourth-order valence-electron chi connectivity index (χ4n) is 1.53. The van der Waals surface area contributed by atoms with Crippen molar-refractivity contribution in [1.82, 2.24) is 0 Å². The SMILES string of the molecule is CC[Si](CC)(CC)CSCCCN. The Labute approximate surface area is 88.9 Å². The molecule has 0 atom stereocenters. The molecule has 0 amide bonds. The summed E-state index contributed by atoms with van der Waals surface area (Å²) in [5.74, 6) is 1.27. The summed E-state index contributed by atoms with van der Waals surface area (Å²) in [6.07, 6.45) is 1.19. The lowest BCUT2D eigenvalue weighted by molar-refractivity contribution is 0.944. The van der Waals surface area contributed by atoms with E-state index in [2.05, 4.69) is 32.5 Å². The molecular formula is C10H25NSSi. The van der Waals surface area contributed by atoms with Gasteiger partial charge in [0, 0.05) is 0 Å². The van der Waals surface area contributed by atoms with Gasteiger partial charge in [-0.25, -0.2) is 0 Å². The molecule has 2 N–H and O–H groups in total. The molecule has 0 aromatic rings. The molecular weight excluding hydrogens is 194 g/mol. The fourth-order valence-corrected chi connectivity index (χ4v) is 8.16. The lowest BCUT2D eigenvalue weighted by Crippen LogP contribution is -2.35. The van der Waals surface area contributed by atoms with Crippen molar-refractivity contribution in [2.75, 3.05) is 17.7 Å². The smallest absolute Gasteiger partial charge is 0.0631 e. The number of hydrogen-bond donors (Lipinski definition) is 1. The van der Waals surface area contributed by atoms with Gasteiger partial charge in [0.2, 0.25) is 0 Å². The lowest BCUT2D eigenvalue weighted by Gasteiger charge is -2.27. The van der Waals surface area contributed by atoms with Crippen LogP contribution in [0.1, 0.15) is 27.2 Å². The van der Waals surface area contributed by atoms with Crippen LogP contribution in [0.3, 0.4) is 0 Å². The van der Waals surface area contributed by atoms with E-state index in [1.807, 2.05) is 0 Å². The number of hydrogen-bond acceptors (Lipinski definition) is 2. The minimum Gasteiger partial charge on any atom is -0.330 e. The molecule has 13 heavy (non-hydrogen) atoms. The Morgan fingerprint density at radius 3 is 2.00 bits per heavy atom. The van der Waals surface area contributed by atoms with Crippen molar-refractivity contribution in [1.29, 1.82) is 0 Å². The van der Waals surface area contributed by atoms with E-state index in [1.165, 1.54) is 35.7 Å². The molecule has 0 aliphatic carbocycles. The highest BCUT2D eigenvalue weighted by atomic mass is 32.2. The minimum absolute atomic E-state index is 0.845. The third kappa shape index (κ3) is 5.08. The van der Waals surface area contributed by atoms with E-state index in [0.29, 0.717) is 0 Å². The van der Waals surface area contributed by atoms with E-state index in [1.54, 1.807) is 0 Å².